The molecule has 0 fully saturated rings. The van der Waals surface area contributed by atoms with E-state index in [2.05, 4.69) is 21.2 Å². The minimum Gasteiger partial charge on any atom is -0.309 e. The molecule has 0 saturated heterocycles. The lowest BCUT2D eigenvalue weighted by Gasteiger charge is -2.07. The highest BCUT2D eigenvalue weighted by atomic mass is 79.9. The van der Waals surface area contributed by atoms with Gasteiger partial charge in [0.15, 0.2) is 0 Å². The molecule has 0 atom stereocenters. The second-order valence-electron chi connectivity index (χ2n) is 3.97. The van der Waals surface area contributed by atoms with Gasteiger partial charge in [-0.25, -0.2) is 4.39 Å². The van der Waals surface area contributed by atoms with E-state index in [1.807, 2.05) is 24.3 Å². The zero-order chi connectivity index (χ0) is 13.0. The Labute approximate surface area is 119 Å². The fourth-order valence-electron chi connectivity index (χ4n) is 1.62. The Morgan fingerprint density at radius 2 is 1.78 bits per heavy atom. The molecule has 0 saturated carbocycles. The van der Waals surface area contributed by atoms with Crippen molar-refractivity contribution in [3.8, 4) is 0 Å². The summed E-state index contributed by atoms with van der Waals surface area (Å²) in [5.41, 5.74) is 1.94. The maximum Gasteiger partial charge on any atom is 0.123 e. The van der Waals surface area contributed by atoms with Crippen LogP contribution >= 0.6 is 27.5 Å². The van der Waals surface area contributed by atoms with Gasteiger partial charge < -0.3 is 5.32 Å². The number of nitrogens with one attached hydrogen (secondary N) is 1. The lowest BCUT2D eigenvalue weighted by Crippen LogP contribution is -2.13. The van der Waals surface area contributed by atoms with Crippen molar-refractivity contribution in [2.24, 2.45) is 0 Å². The van der Waals surface area contributed by atoms with Crippen molar-refractivity contribution < 1.29 is 4.39 Å². The first-order valence-electron chi connectivity index (χ1n) is 5.54. The summed E-state index contributed by atoms with van der Waals surface area (Å²) in [6, 6.07) is 12.4. The first-order valence-corrected chi connectivity index (χ1v) is 6.71. The van der Waals surface area contributed by atoms with E-state index in [9.17, 15) is 4.39 Å². The summed E-state index contributed by atoms with van der Waals surface area (Å²) in [5.74, 6) is -0.264. The van der Waals surface area contributed by atoms with E-state index in [4.69, 9.17) is 11.6 Å². The highest BCUT2D eigenvalue weighted by Gasteiger charge is 2.01. The molecule has 94 valence electrons. The molecule has 0 bridgehead atoms. The normalized spacial score (nSPS) is 10.6. The van der Waals surface area contributed by atoms with Crippen molar-refractivity contribution in [3.63, 3.8) is 0 Å². The van der Waals surface area contributed by atoms with Gasteiger partial charge in [0.25, 0.3) is 0 Å². The van der Waals surface area contributed by atoms with Gasteiger partial charge in [0.1, 0.15) is 5.82 Å². The Hall–Kier alpha value is -0.900. The van der Waals surface area contributed by atoms with Crippen molar-refractivity contribution in [2.75, 3.05) is 0 Å². The Morgan fingerprint density at radius 3 is 2.50 bits per heavy atom. The van der Waals surface area contributed by atoms with Gasteiger partial charge in [0.05, 0.1) is 0 Å². The third-order valence-corrected chi connectivity index (χ3v) is 3.46. The highest BCUT2D eigenvalue weighted by molar-refractivity contribution is 9.10. The van der Waals surface area contributed by atoms with Crippen molar-refractivity contribution in [1.82, 2.24) is 5.32 Å². The van der Waals surface area contributed by atoms with Crippen molar-refractivity contribution in [1.29, 1.82) is 0 Å². The SMILES string of the molecule is Fc1ccc(Cl)c(CNCc2ccc(Br)cc2)c1. The van der Waals surface area contributed by atoms with E-state index in [-0.39, 0.29) is 5.82 Å². The van der Waals surface area contributed by atoms with Gasteiger partial charge in [-0.15, -0.1) is 0 Å². The van der Waals surface area contributed by atoms with E-state index < -0.39 is 0 Å². The first-order chi connectivity index (χ1) is 8.65. The van der Waals surface area contributed by atoms with E-state index in [0.29, 0.717) is 11.6 Å². The maximum absolute atomic E-state index is 13.1. The van der Waals surface area contributed by atoms with Gasteiger partial charge in [-0.05, 0) is 41.5 Å². The molecule has 0 aliphatic carbocycles. The molecule has 0 radical (unpaired) electrons. The van der Waals surface area contributed by atoms with Crippen LogP contribution in [-0.2, 0) is 13.1 Å². The molecule has 18 heavy (non-hydrogen) atoms. The molecular weight excluding hydrogens is 317 g/mol. The molecule has 0 aliphatic rings. The lowest BCUT2D eigenvalue weighted by molar-refractivity contribution is 0.620. The fourth-order valence-corrected chi connectivity index (χ4v) is 2.07. The molecule has 0 heterocycles. The van der Waals surface area contributed by atoms with Crippen molar-refractivity contribution in [3.05, 3.63) is 68.9 Å². The van der Waals surface area contributed by atoms with E-state index >= 15 is 0 Å². The fraction of sp³-hybridized carbons (Fsp3) is 0.143. The van der Waals surface area contributed by atoms with Gasteiger partial charge in [-0.3, -0.25) is 0 Å². The lowest BCUT2D eigenvalue weighted by atomic mass is 10.2. The number of rotatable bonds is 4. The Kier molecular flexibility index (Phi) is 4.75. The summed E-state index contributed by atoms with van der Waals surface area (Å²) in [6.45, 7) is 1.27. The molecule has 4 heteroatoms. The minimum absolute atomic E-state index is 0.264. The predicted molar refractivity (Wildman–Crippen MR) is 76.1 cm³/mol. The summed E-state index contributed by atoms with van der Waals surface area (Å²) in [7, 11) is 0. The van der Waals surface area contributed by atoms with Crippen LogP contribution in [0.2, 0.25) is 5.02 Å². The van der Waals surface area contributed by atoms with Crippen LogP contribution in [0.3, 0.4) is 0 Å². The second kappa shape index (κ2) is 6.32. The summed E-state index contributed by atoms with van der Waals surface area (Å²) >= 11 is 9.37. The average Bonchev–Trinajstić information content (AvgIpc) is 2.36. The standard InChI is InChI=1S/C14H12BrClFN/c15-12-3-1-10(2-4-12)8-18-9-11-7-13(17)5-6-14(11)16/h1-7,18H,8-9H2. The maximum atomic E-state index is 13.1. The molecule has 1 N–H and O–H groups in total. The van der Waals surface area contributed by atoms with Crippen LogP contribution in [0.25, 0.3) is 0 Å². The Bertz CT molecular complexity index is 528. The Balaban J connectivity index is 1.92. The summed E-state index contributed by atoms with van der Waals surface area (Å²) < 4.78 is 14.1. The van der Waals surface area contributed by atoms with Crippen LogP contribution in [0.1, 0.15) is 11.1 Å². The van der Waals surface area contributed by atoms with Crippen LogP contribution in [0.5, 0.6) is 0 Å². The smallest absolute Gasteiger partial charge is 0.123 e. The molecule has 0 spiro atoms. The molecule has 0 aliphatic heterocycles. The van der Waals surface area contributed by atoms with Crippen LogP contribution in [0.4, 0.5) is 4.39 Å². The van der Waals surface area contributed by atoms with Gasteiger partial charge in [0, 0.05) is 22.6 Å². The summed E-state index contributed by atoms with van der Waals surface area (Å²) in [4.78, 5) is 0. The number of hydrogen-bond acceptors (Lipinski definition) is 1. The third-order valence-electron chi connectivity index (χ3n) is 2.57. The van der Waals surface area contributed by atoms with E-state index in [1.54, 1.807) is 6.07 Å². The topological polar surface area (TPSA) is 12.0 Å². The predicted octanol–water partition coefficient (Wildman–Crippen LogP) is 4.53. The number of benzene rings is 2. The minimum atomic E-state index is -0.264. The van der Waals surface area contributed by atoms with Crippen molar-refractivity contribution >= 4 is 27.5 Å². The Morgan fingerprint density at radius 1 is 1.06 bits per heavy atom. The number of hydrogen-bond donors (Lipinski definition) is 1. The van der Waals surface area contributed by atoms with Crippen molar-refractivity contribution in [2.45, 2.75) is 13.1 Å². The van der Waals surface area contributed by atoms with Gasteiger partial charge in [0.2, 0.25) is 0 Å². The molecule has 0 unspecified atom stereocenters. The van der Waals surface area contributed by atoms with E-state index in [0.717, 1.165) is 16.6 Å². The number of halogens is 3. The van der Waals surface area contributed by atoms with Crippen LogP contribution in [-0.4, -0.2) is 0 Å². The zero-order valence-electron chi connectivity index (χ0n) is 9.59. The highest BCUT2D eigenvalue weighted by Crippen LogP contribution is 2.17. The third kappa shape index (κ3) is 3.80. The second-order valence-corrected chi connectivity index (χ2v) is 5.29. The zero-order valence-corrected chi connectivity index (χ0v) is 11.9. The molecule has 0 aromatic heterocycles. The quantitative estimate of drug-likeness (QED) is 0.869. The molecule has 2 rings (SSSR count). The first kappa shape index (κ1) is 13.5. The summed E-state index contributed by atoms with van der Waals surface area (Å²) in [6.07, 6.45) is 0. The van der Waals surface area contributed by atoms with Gasteiger partial charge in [-0.2, -0.15) is 0 Å². The largest absolute Gasteiger partial charge is 0.309 e. The molecule has 0 amide bonds. The van der Waals surface area contributed by atoms with Crippen LogP contribution in [0.15, 0.2) is 46.9 Å². The van der Waals surface area contributed by atoms with Crippen LogP contribution in [0, 0.1) is 5.82 Å². The molecule has 1 nitrogen and oxygen atoms in total. The average molecular weight is 329 g/mol. The molecular formula is C14H12BrClFN. The van der Waals surface area contributed by atoms with Gasteiger partial charge >= 0.3 is 0 Å². The summed E-state index contributed by atoms with van der Waals surface area (Å²) in [5, 5.41) is 3.82. The van der Waals surface area contributed by atoms with Crippen LogP contribution < -0.4 is 5.32 Å². The van der Waals surface area contributed by atoms with E-state index in [1.165, 1.54) is 17.7 Å². The molecule has 2 aromatic rings. The monoisotopic (exact) mass is 327 g/mol. The molecule has 2 aromatic carbocycles. The van der Waals surface area contributed by atoms with Gasteiger partial charge in [-0.1, -0.05) is 39.7 Å².